The molecule has 0 unspecified atom stereocenters. The van der Waals surface area contributed by atoms with Crippen molar-refractivity contribution < 1.29 is 30.4 Å². The van der Waals surface area contributed by atoms with E-state index in [9.17, 15) is 30.4 Å². The van der Waals surface area contributed by atoms with Gasteiger partial charge in [-0.15, -0.1) is 0 Å². The van der Waals surface area contributed by atoms with Crippen LogP contribution in [0.25, 0.3) is 22.3 Å². The van der Waals surface area contributed by atoms with Crippen LogP contribution in [-0.4, -0.2) is 23.4 Å². The lowest BCUT2D eigenvalue weighted by atomic mass is 10.0. The van der Waals surface area contributed by atoms with Crippen molar-refractivity contribution in [2.45, 2.75) is 11.2 Å². The molecular formula is C13H5ClF5N3O2S. The highest BCUT2D eigenvalue weighted by Gasteiger charge is 2.37. The number of fused-ring (bicyclic) bond motifs is 1. The van der Waals surface area contributed by atoms with E-state index in [2.05, 4.69) is 15.0 Å². The summed E-state index contributed by atoms with van der Waals surface area (Å²) >= 11 is 0. The van der Waals surface area contributed by atoms with Gasteiger partial charge in [0.2, 0.25) is 0 Å². The Labute approximate surface area is 140 Å². The molecule has 0 amide bonds. The predicted molar refractivity (Wildman–Crippen MR) is 77.3 cm³/mol. The number of hydrogen-bond acceptors (Lipinski definition) is 4. The standard InChI is InChI=1S/C13H5ClF5N3O2S/c14-25(23,24)9-1-6-10(12-20-3-5(15)4-21-12)7(13(17,18)19)2-8(16)11(6)22-9/h1-4,22H. The Bertz CT molecular complexity index is 1080. The third-order valence-corrected chi connectivity index (χ3v) is 4.50. The molecule has 0 saturated heterocycles. The fourth-order valence-corrected chi connectivity index (χ4v) is 3.00. The molecule has 25 heavy (non-hydrogen) atoms. The van der Waals surface area contributed by atoms with E-state index < -0.39 is 59.7 Å². The van der Waals surface area contributed by atoms with Crippen LogP contribution >= 0.6 is 10.7 Å². The van der Waals surface area contributed by atoms with Crippen LogP contribution in [0.15, 0.2) is 29.6 Å². The van der Waals surface area contributed by atoms with Crippen LogP contribution in [0.5, 0.6) is 0 Å². The molecule has 1 aromatic carbocycles. The molecule has 3 aromatic rings. The van der Waals surface area contributed by atoms with Crippen LogP contribution in [0.4, 0.5) is 22.0 Å². The number of aromatic nitrogens is 3. The normalized spacial score (nSPS) is 12.7. The molecule has 5 nitrogen and oxygen atoms in total. The van der Waals surface area contributed by atoms with Gasteiger partial charge in [-0.3, -0.25) is 0 Å². The van der Waals surface area contributed by atoms with Gasteiger partial charge >= 0.3 is 6.18 Å². The lowest BCUT2D eigenvalue weighted by Crippen LogP contribution is -2.09. The lowest BCUT2D eigenvalue weighted by Gasteiger charge is -2.13. The Kier molecular flexibility index (Phi) is 3.95. The summed E-state index contributed by atoms with van der Waals surface area (Å²) in [7, 11) is 0.779. The first-order valence-corrected chi connectivity index (χ1v) is 8.64. The minimum Gasteiger partial charge on any atom is -0.342 e. The van der Waals surface area contributed by atoms with Gasteiger partial charge in [0.25, 0.3) is 9.05 Å². The number of hydrogen-bond donors (Lipinski definition) is 1. The van der Waals surface area contributed by atoms with Gasteiger partial charge in [-0.25, -0.2) is 27.2 Å². The average Bonchev–Trinajstić information content (AvgIpc) is 2.93. The number of benzene rings is 1. The molecule has 0 bridgehead atoms. The second kappa shape index (κ2) is 5.63. The SMILES string of the molecule is O=S(=O)(Cl)c1cc2c(-c3ncc(F)cn3)c(C(F)(F)F)cc(F)c2[nH]1. The summed E-state index contributed by atoms with van der Waals surface area (Å²) in [6.45, 7) is 0. The third kappa shape index (κ3) is 3.16. The van der Waals surface area contributed by atoms with Crippen molar-refractivity contribution in [3.63, 3.8) is 0 Å². The fraction of sp³-hybridized carbons (Fsp3) is 0.0769. The van der Waals surface area contributed by atoms with Crippen molar-refractivity contribution in [2.24, 2.45) is 0 Å². The Morgan fingerprint density at radius 1 is 1.08 bits per heavy atom. The summed E-state index contributed by atoms with van der Waals surface area (Å²) in [4.78, 5) is 9.05. The van der Waals surface area contributed by atoms with Crippen LogP contribution < -0.4 is 0 Å². The zero-order valence-corrected chi connectivity index (χ0v) is 13.3. The third-order valence-electron chi connectivity index (χ3n) is 3.25. The summed E-state index contributed by atoms with van der Waals surface area (Å²) in [5.41, 5.74) is -2.68. The minimum absolute atomic E-state index is 0.172. The second-order valence-electron chi connectivity index (χ2n) is 4.86. The van der Waals surface area contributed by atoms with E-state index in [1.807, 2.05) is 0 Å². The molecule has 2 heterocycles. The number of nitrogens with one attached hydrogen (secondary N) is 1. The summed E-state index contributed by atoms with van der Waals surface area (Å²) in [5.74, 6) is -2.80. The average molecular weight is 398 g/mol. The number of halogens is 6. The maximum absolute atomic E-state index is 14.1. The molecule has 3 rings (SSSR count). The van der Waals surface area contributed by atoms with E-state index in [-0.39, 0.29) is 6.07 Å². The fourth-order valence-electron chi connectivity index (χ4n) is 2.27. The zero-order chi connectivity index (χ0) is 18.6. The molecule has 1 N–H and O–H groups in total. The zero-order valence-electron chi connectivity index (χ0n) is 11.7. The van der Waals surface area contributed by atoms with Crippen molar-refractivity contribution in [2.75, 3.05) is 0 Å². The van der Waals surface area contributed by atoms with E-state index in [1.54, 1.807) is 0 Å². The Hall–Kier alpha value is -2.27. The van der Waals surface area contributed by atoms with Crippen LogP contribution in [-0.2, 0) is 15.2 Å². The molecular weight excluding hydrogens is 393 g/mol. The predicted octanol–water partition coefficient (Wildman–Crippen LogP) is 3.85. The first-order valence-electron chi connectivity index (χ1n) is 6.33. The van der Waals surface area contributed by atoms with Gasteiger partial charge in [0.05, 0.1) is 23.5 Å². The summed E-state index contributed by atoms with van der Waals surface area (Å²) in [6.07, 6.45) is -3.74. The summed E-state index contributed by atoms with van der Waals surface area (Å²) < 4.78 is 89.8. The van der Waals surface area contributed by atoms with E-state index in [4.69, 9.17) is 10.7 Å². The van der Waals surface area contributed by atoms with Crippen molar-refractivity contribution in [1.82, 2.24) is 15.0 Å². The molecule has 0 aliphatic carbocycles. The van der Waals surface area contributed by atoms with E-state index >= 15 is 0 Å². The van der Waals surface area contributed by atoms with Crippen LogP contribution in [0.3, 0.4) is 0 Å². The van der Waals surface area contributed by atoms with Crippen LogP contribution in [0.1, 0.15) is 5.56 Å². The Morgan fingerprint density at radius 2 is 1.68 bits per heavy atom. The van der Waals surface area contributed by atoms with Gasteiger partial charge in [-0.05, 0) is 12.1 Å². The number of rotatable bonds is 2. The molecule has 132 valence electrons. The highest BCUT2D eigenvalue weighted by Crippen LogP contribution is 2.41. The van der Waals surface area contributed by atoms with Gasteiger partial charge in [0, 0.05) is 21.6 Å². The Morgan fingerprint density at radius 3 is 2.20 bits per heavy atom. The van der Waals surface area contributed by atoms with Crippen LogP contribution in [0, 0.1) is 11.6 Å². The smallest absolute Gasteiger partial charge is 0.342 e. The van der Waals surface area contributed by atoms with Gasteiger partial charge < -0.3 is 4.98 Å². The molecule has 0 spiro atoms. The minimum atomic E-state index is -5.00. The molecule has 0 aliphatic heterocycles. The monoisotopic (exact) mass is 397 g/mol. The summed E-state index contributed by atoms with van der Waals surface area (Å²) in [5, 5.41) is -1.16. The molecule has 0 aliphatic rings. The molecule has 2 aromatic heterocycles. The van der Waals surface area contributed by atoms with Crippen molar-refractivity contribution in [3.8, 4) is 11.4 Å². The number of nitrogens with zero attached hydrogens (tertiary/aromatic N) is 2. The molecule has 0 fully saturated rings. The second-order valence-corrected chi connectivity index (χ2v) is 7.40. The largest absolute Gasteiger partial charge is 0.417 e. The van der Waals surface area contributed by atoms with Crippen molar-refractivity contribution >= 4 is 30.6 Å². The lowest BCUT2D eigenvalue weighted by molar-refractivity contribution is -0.137. The van der Waals surface area contributed by atoms with Gasteiger partial charge in [-0.2, -0.15) is 13.2 Å². The van der Waals surface area contributed by atoms with E-state index in [0.29, 0.717) is 12.4 Å². The highest BCUT2D eigenvalue weighted by atomic mass is 35.7. The molecule has 0 atom stereocenters. The molecule has 0 radical (unpaired) electrons. The highest BCUT2D eigenvalue weighted by molar-refractivity contribution is 8.13. The molecule has 12 heteroatoms. The first-order chi connectivity index (χ1) is 11.5. The van der Waals surface area contributed by atoms with Crippen molar-refractivity contribution in [1.29, 1.82) is 0 Å². The quantitative estimate of drug-likeness (QED) is 0.526. The number of aromatic amines is 1. The first kappa shape index (κ1) is 17.5. The maximum Gasteiger partial charge on any atom is 0.417 e. The number of H-pyrrole nitrogens is 1. The van der Waals surface area contributed by atoms with Crippen LogP contribution in [0.2, 0.25) is 0 Å². The van der Waals surface area contributed by atoms with Gasteiger partial charge in [0.1, 0.15) is 10.8 Å². The van der Waals surface area contributed by atoms with E-state index in [1.165, 1.54) is 0 Å². The van der Waals surface area contributed by atoms with E-state index in [0.717, 1.165) is 6.07 Å². The maximum atomic E-state index is 14.1. The van der Waals surface area contributed by atoms with Gasteiger partial charge in [0.15, 0.2) is 11.6 Å². The Balaban J connectivity index is 2.47. The van der Waals surface area contributed by atoms with Gasteiger partial charge in [-0.1, -0.05) is 0 Å². The topological polar surface area (TPSA) is 75.7 Å². The number of alkyl halides is 3. The van der Waals surface area contributed by atoms with Crippen molar-refractivity contribution in [3.05, 3.63) is 41.7 Å². The summed E-state index contributed by atoms with van der Waals surface area (Å²) in [6, 6.07) is 0.906. The molecule has 0 saturated carbocycles.